The second kappa shape index (κ2) is 3.09. The Labute approximate surface area is 85.1 Å². The van der Waals surface area contributed by atoms with Crippen LogP contribution < -0.4 is 5.73 Å². The summed E-state index contributed by atoms with van der Waals surface area (Å²) < 4.78 is 0. The summed E-state index contributed by atoms with van der Waals surface area (Å²) in [5, 5.41) is 0.369. The second-order valence-electron chi connectivity index (χ2n) is 3.46. The van der Waals surface area contributed by atoms with E-state index in [9.17, 15) is 4.79 Å². The minimum Gasteiger partial charge on any atom is -0.364 e. The van der Waals surface area contributed by atoms with Crippen molar-refractivity contribution in [1.82, 2.24) is 9.97 Å². The van der Waals surface area contributed by atoms with Crippen molar-refractivity contribution >= 4 is 27.6 Å². The molecule has 2 aromatic heterocycles. The summed E-state index contributed by atoms with van der Waals surface area (Å²) in [6.07, 6.45) is 1.93. The molecule has 3 N–H and O–H groups in total. The predicted octanol–water partition coefficient (Wildman–Crippen LogP) is 1.85. The molecule has 74 valence electrons. The van der Waals surface area contributed by atoms with Gasteiger partial charge in [-0.05, 0) is 11.5 Å². The molecule has 0 aliphatic carbocycles. The first-order valence-electron chi connectivity index (χ1n) is 4.37. The molecule has 0 fully saturated rings. The highest BCUT2D eigenvalue weighted by Gasteiger charge is 2.14. The maximum absolute atomic E-state index is 10.9. The SMILES string of the molecule is CC(C)c1c[nH]c2sc(C(N)=O)nc12. The van der Waals surface area contributed by atoms with Crippen LogP contribution >= 0.6 is 11.3 Å². The molecule has 0 saturated carbocycles. The van der Waals surface area contributed by atoms with Crippen LogP contribution in [0.3, 0.4) is 0 Å². The molecule has 0 atom stereocenters. The third-order valence-corrected chi connectivity index (χ3v) is 3.09. The summed E-state index contributed by atoms with van der Waals surface area (Å²) in [7, 11) is 0. The van der Waals surface area contributed by atoms with E-state index in [0.29, 0.717) is 10.9 Å². The van der Waals surface area contributed by atoms with Gasteiger partial charge in [0.15, 0.2) is 5.01 Å². The van der Waals surface area contributed by atoms with Gasteiger partial charge in [0.2, 0.25) is 0 Å². The average molecular weight is 209 g/mol. The van der Waals surface area contributed by atoms with E-state index in [2.05, 4.69) is 23.8 Å². The quantitative estimate of drug-likeness (QED) is 0.792. The lowest BCUT2D eigenvalue weighted by Crippen LogP contribution is -2.10. The summed E-state index contributed by atoms with van der Waals surface area (Å²) in [5.74, 6) is -0.0686. The molecular weight excluding hydrogens is 198 g/mol. The van der Waals surface area contributed by atoms with Gasteiger partial charge in [0.05, 0.1) is 0 Å². The van der Waals surface area contributed by atoms with Gasteiger partial charge in [-0.25, -0.2) is 4.98 Å². The molecule has 0 spiro atoms. The van der Waals surface area contributed by atoms with Gasteiger partial charge in [0.25, 0.3) is 5.91 Å². The van der Waals surface area contributed by atoms with Crippen LogP contribution in [0.4, 0.5) is 0 Å². The number of H-pyrrole nitrogens is 1. The van der Waals surface area contributed by atoms with E-state index >= 15 is 0 Å². The fraction of sp³-hybridized carbons (Fsp3) is 0.333. The molecule has 4 nitrogen and oxygen atoms in total. The highest BCUT2D eigenvalue weighted by molar-refractivity contribution is 7.19. The molecule has 1 amide bonds. The Hall–Kier alpha value is -1.36. The molecule has 5 heteroatoms. The minimum absolute atomic E-state index is 0.369. The van der Waals surface area contributed by atoms with Crippen LogP contribution in [-0.2, 0) is 0 Å². The Morgan fingerprint density at radius 1 is 1.64 bits per heavy atom. The van der Waals surface area contributed by atoms with Crippen molar-refractivity contribution < 1.29 is 4.79 Å². The lowest BCUT2D eigenvalue weighted by Gasteiger charge is -1.98. The smallest absolute Gasteiger partial charge is 0.277 e. The van der Waals surface area contributed by atoms with Crippen molar-refractivity contribution in [2.75, 3.05) is 0 Å². The first kappa shape index (κ1) is 9.21. The van der Waals surface area contributed by atoms with E-state index in [0.717, 1.165) is 15.9 Å². The van der Waals surface area contributed by atoms with E-state index in [1.807, 2.05) is 6.20 Å². The summed E-state index contributed by atoms with van der Waals surface area (Å²) in [6, 6.07) is 0. The Kier molecular flexibility index (Phi) is 2.03. The number of rotatable bonds is 2. The van der Waals surface area contributed by atoms with Crippen LogP contribution in [0.2, 0.25) is 0 Å². The normalized spacial score (nSPS) is 11.4. The average Bonchev–Trinajstić information content (AvgIpc) is 2.58. The third-order valence-electron chi connectivity index (χ3n) is 2.09. The van der Waals surface area contributed by atoms with Gasteiger partial charge in [0, 0.05) is 6.20 Å². The maximum Gasteiger partial charge on any atom is 0.277 e. The van der Waals surface area contributed by atoms with Gasteiger partial charge < -0.3 is 10.7 Å². The molecule has 0 saturated heterocycles. The Bertz CT molecular complexity index is 483. The number of hydrogen-bond donors (Lipinski definition) is 2. The number of hydrogen-bond acceptors (Lipinski definition) is 3. The van der Waals surface area contributed by atoms with Crippen molar-refractivity contribution in [1.29, 1.82) is 0 Å². The molecule has 0 aliphatic heterocycles. The van der Waals surface area contributed by atoms with Crippen molar-refractivity contribution in [3.63, 3.8) is 0 Å². The number of nitrogens with one attached hydrogen (secondary N) is 1. The predicted molar refractivity (Wildman–Crippen MR) is 56.6 cm³/mol. The van der Waals surface area contributed by atoms with Crippen LogP contribution in [0.15, 0.2) is 6.20 Å². The molecule has 0 aliphatic rings. The number of amides is 1. The van der Waals surface area contributed by atoms with E-state index in [1.54, 1.807) is 0 Å². The van der Waals surface area contributed by atoms with Gasteiger partial charge in [-0.1, -0.05) is 25.2 Å². The fourth-order valence-corrected chi connectivity index (χ4v) is 2.18. The molecule has 2 aromatic rings. The van der Waals surface area contributed by atoms with E-state index in [4.69, 9.17) is 5.73 Å². The molecule has 0 aromatic carbocycles. The van der Waals surface area contributed by atoms with E-state index in [-0.39, 0.29) is 0 Å². The minimum atomic E-state index is -0.464. The van der Waals surface area contributed by atoms with Gasteiger partial charge in [-0.3, -0.25) is 4.79 Å². The fourth-order valence-electron chi connectivity index (χ4n) is 1.37. The molecule has 2 rings (SSSR count). The lowest BCUT2D eigenvalue weighted by atomic mass is 10.1. The largest absolute Gasteiger partial charge is 0.364 e. The molecular formula is C9H11N3OS. The zero-order chi connectivity index (χ0) is 10.3. The van der Waals surface area contributed by atoms with Gasteiger partial charge in [0.1, 0.15) is 10.3 Å². The first-order chi connectivity index (χ1) is 6.59. The zero-order valence-corrected chi connectivity index (χ0v) is 8.81. The Balaban J connectivity index is 2.61. The number of carbonyl (C=O) groups is 1. The number of nitrogens with two attached hydrogens (primary N) is 1. The van der Waals surface area contributed by atoms with Gasteiger partial charge in [-0.2, -0.15) is 0 Å². The molecule has 14 heavy (non-hydrogen) atoms. The summed E-state index contributed by atoms with van der Waals surface area (Å²) >= 11 is 1.30. The standard InChI is InChI=1S/C9H11N3OS/c1-4(2)5-3-11-8-6(5)12-9(14-8)7(10)13/h3-4,11H,1-2H3,(H2,10,13). The molecule has 0 radical (unpaired) electrons. The van der Waals surface area contributed by atoms with E-state index < -0.39 is 5.91 Å². The number of thiazole rings is 1. The zero-order valence-electron chi connectivity index (χ0n) is 8.00. The number of carbonyl (C=O) groups excluding carboxylic acids is 1. The van der Waals surface area contributed by atoms with Gasteiger partial charge >= 0.3 is 0 Å². The topological polar surface area (TPSA) is 71.8 Å². The lowest BCUT2D eigenvalue weighted by molar-refractivity contribution is 0.1000. The van der Waals surface area contributed by atoms with Crippen LogP contribution in [0, 0.1) is 0 Å². The summed E-state index contributed by atoms with van der Waals surface area (Å²) in [4.78, 5) is 19.1. The van der Waals surface area contributed by atoms with Crippen LogP contribution in [0.25, 0.3) is 10.3 Å². The van der Waals surface area contributed by atoms with Crippen LogP contribution in [-0.4, -0.2) is 15.9 Å². The molecule has 0 unspecified atom stereocenters. The van der Waals surface area contributed by atoms with Crippen molar-refractivity contribution in [3.8, 4) is 0 Å². The van der Waals surface area contributed by atoms with Crippen molar-refractivity contribution in [2.45, 2.75) is 19.8 Å². The van der Waals surface area contributed by atoms with Crippen molar-refractivity contribution in [3.05, 3.63) is 16.8 Å². The Morgan fingerprint density at radius 2 is 2.36 bits per heavy atom. The summed E-state index contributed by atoms with van der Waals surface area (Å²) in [6.45, 7) is 4.18. The molecule has 0 bridgehead atoms. The van der Waals surface area contributed by atoms with Crippen molar-refractivity contribution in [2.24, 2.45) is 5.73 Å². The number of primary amides is 1. The maximum atomic E-state index is 10.9. The number of fused-ring (bicyclic) bond motifs is 1. The Morgan fingerprint density at radius 3 is 2.93 bits per heavy atom. The highest BCUT2D eigenvalue weighted by atomic mass is 32.1. The number of nitrogens with zero attached hydrogens (tertiary/aromatic N) is 1. The number of aromatic amines is 1. The first-order valence-corrected chi connectivity index (χ1v) is 5.19. The third kappa shape index (κ3) is 1.29. The second-order valence-corrected chi connectivity index (χ2v) is 4.46. The highest BCUT2D eigenvalue weighted by Crippen LogP contribution is 2.28. The molecule has 2 heterocycles. The van der Waals surface area contributed by atoms with Crippen LogP contribution in [0.5, 0.6) is 0 Å². The monoisotopic (exact) mass is 209 g/mol. The summed E-state index contributed by atoms with van der Waals surface area (Å²) in [5.41, 5.74) is 7.16. The number of aromatic nitrogens is 2. The van der Waals surface area contributed by atoms with Gasteiger partial charge in [-0.15, -0.1) is 0 Å². The van der Waals surface area contributed by atoms with Crippen LogP contribution in [0.1, 0.15) is 35.1 Å². The van der Waals surface area contributed by atoms with E-state index in [1.165, 1.54) is 11.3 Å².